The van der Waals surface area contributed by atoms with Crippen molar-refractivity contribution in [3.8, 4) is 5.75 Å². The lowest BCUT2D eigenvalue weighted by Crippen LogP contribution is -2.45. The quantitative estimate of drug-likeness (QED) is 0.599. The van der Waals surface area contributed by atoms with Gasteiger partial charge in [-0.2, -0.15) is 0 Å². The van der Waals surface area contributed by atoms with Crippen molar-refractivity contribution in [3.63, 3.8) is 0 Å². The lowest BCUT2D eigenvalue weighted by Gasteiger charge is -2.31. The van der Waals surface area contributed by atoms with Crippen molar-refractivity contribution in [3.05, 3.63) is 69.8 Å². The number of allylic oxidation sites excluding steroid dienone is 1. The van der Waals surface area contributed by atoms with Crippen LogP contribution in [-0.4, -0.2) is 17.6 Å². The first kappa shape index (κ1) is 19.4. The van der Waals surface area contributed by atoms with Crippen molar-refractivity contribution in [2.75, 3.05) is 11.9 Å². The number of ether oxygens (including phenoxy) is 1. The molecule has 1 amide bonds. The zero-order valence-corrected chi connectivity index (χ0v) is 17.4. The number of anilines is 1. The minimum absolute atomic E-state index is 0.195. The van der Waals surface area contributed by atoms with Crippen LogP contribution in [0.25, 0.3) is 0 Å². The fourth-order valence-corrected chi connectivity index (χ4v) is 3.72. The van der Waals surface area contributed by atoms with Gasteiger partial charge in [0, 0.05) is 15.9 Å². The van der Waals surface area contributed by atoms with Crippen LogP contribution in [0.3, 0.4) is 0 Å². The van der Waals surface area contributed by atoms with Crippen molar-refractivity contribution >= 4 is 44.9 Å². The van der Waals surface area contributed by atoms with Gasteiger partial charge in [-0.05, 0) is 62.0 Å². The molecular weight excluding hydrogens is 426 g/mol. The van der Waals surface area contributed by atoms with Crippen molar-refractivity contribution < 1.29 is 9.53 Å². The largest absolute Gasteiger partial charge is 0.494 e. The van der Waals surface area contributed by atoms with Crippen LogP contribution in [0.15, 0.2) is 64.3 Å². The molecule has 140 valence electrons. The molecular formula is C20H20BrN3O2S. The first-order chi connectivity index (χ1) is 13.0. The zero-order chi connectivity index (χ0) is 19.4. The Kier molecular flexibility index (Phi) is 6.13. The molecule has 1 heterocycles. The lowest BCUT2D eigenvalue weighted by molar-refractivity contribution is -0.113. The molecule has 0 spiro atoms. The number of thiocarbonyl (C=S) groups is 1. The summed E-state index contributed by atoms with van der Waals surface area (Å²) < 4.78 is 6.35. The maximum atomic E-state index is 13.1. The molecule has 1 aliphatic heterocycles. The van der Waals surface area contributed by atoms with E-state index < -0.39 is 0 Å². The number of rotatable bonds is 5. The van der Waals surface area contributed by atoms with E-state index in [4.69, 9.17) is 17.0 Å². The van der Waals surface area contributed by atoms with E-state index in [1.165, 1.54) is 0 Å². The molecule has 5 nitrogen and oxygen atoms in total. The predicted octanol–water partition coefficient (Wildman–Crippen LogP) is 4.28. The Morgan fingerprint density at radius 2 is 1.93 bits per heavy atom. The summed E-state index contributed by atoms with van der Waals surface area (Å²) in [6.45, 7) is 4.38. The second kappa shape index (κ2) is 8.54. The molecule has 7 heteroatoms. The number of hydrogen-bond donors (Lipinski definition) is 3. The summed E-state index contributed by atoms with van der Waals surface area (Å²) in [5.41, 5.74) is 2.95. The van der Waals surface area contributed by atoms with Crippen LogP contribution in [0.1, 0.15) is 25.5 Å². The molecule has 0 aliphatic carbocycles. The van der Waals surface area contributed by atoms with E-state index in [-0.39, 0.29) is 11.9 Å². The van der Waals surface area contributed by atoms with Gasteiger partial charge in [0.2, 0.25) is 0 Å². The summed E-state index contributed by atoms with van der Waals surface area (Å²) in [4.78, 5) is 13.1. The van der Waals surface area contributed by atoms with Gasteiger partial charge >= 0.3 is 0 Å². The summed E-state index contributed by atoms with van der Waals surface area (Å²) in [6, 6.07) is 14.7. The normalized spacial score (nSPS) is 16.4. The Labute approximate surface area is 172 Å². The number of carbonyl (C=O) groups excluding carboxylic acids is 1. The number of carbonyl (C=O) groups is 1. The third-order valence-corrected chi connectivity index (χ3v) is 5.10. The fraction of sp³-hybridized carbons (Fsp3) is 0.200. The van der Waals surface area contributed by atoms with Crippen LogP contribution in [0.5, 0.6) is 5.75 Å². The molecule has 0 fully saturated rings. The summed E-state index contributed by atoms with van der Waals surface area (Å²) >= 11 is 8.86. The van der Waals surface area contributed by atoms with Gasteiger partial charge in [-0.1, -0.05) is 34.1 Å². The van der Waals surface area contributed by atoms with E-state index in [9.17, 15) is 4.79 Å². The van der Waals surface area contributed by atoms with Gasteiger partial charge in [-0.25, -0.2) is 0 Å². The van der Waals surface area contributed by atoms with Crippen molar-refractivity contribution in [1.82, 2.24) is 10.6 Å². The van der Waals surface area contributed by atoms with Gasteiger partial charge in [-0.3, -0.25) is 4.79 Å². The number of nitrogens with one attached hydrogen (secondary N) is 3. The Morgan fingerprint density at radius 3 is 2.59 bits per heavy atom. The molecule has 0 aromatic heterocycles. The number of amides is 1. The minimum atomic E-state index is -0.350. The molecule has 0 bridgehead atoms. The topological polar surface area (TPSA) is 62.4 Å². The van der Waals surface area contributed by atoms with Gasteiger partial charge in [-0.15, -0.1) is 0 Å². The van der Waals surface area contributed by atoms with Gasteiger partial charge < -0.3 is 20.7 Å². The third kappa shape index (κ3) is 4.48. The van der Waals surface area contributed by atoms with Crippen LogP contribution < -0.4 is 20.7 Å². The highest BCUT2D eigenvalue weighted by Crippen LogP contribution is 2.32. The molecule has 1 atom stereocenters. The lowest BCUT2D eigenvalue weighted by atomic mass is 9.95. The third-order valence-electron chi connectivity index (χ3n) is 4.15. The number of hydrogen-bond acceptors (Lipinski definition) is 3. The Hall–Kier alpha value is -2.38. The highest BCUT2D eigenvalue weighted by Gasteiger charge is 2.30. The number of halogens is 1. The second-order valence-electron chi connectivity index (χ2n) is 6.00. The van der Waals surface area contributed by atoms with E-state index in [2.05, 4.69) is 31.9 Å². The molecule has 2 aromatic rings. The molecule has 1 aliphatic rings. The van der Waals surface area contributed by atoms with Crippen molar-refractivity contribution in [1.29, 1.82) is 0 Å². The van der Waals surface area contributed by atoms with E-state index in [0.29, 0.717) is 23.0 Å². The molecule has 0 radical (unpaired) electrons. The molecule has 0 unspecified atom stereocenters. The Morgan fingerprint density at radius 1 is 1.22 bits per heavy atom. The van der Waals surface area contributed by atoms with Gasteiger partial charge in [0.25, 0.3) is 5.91 Å². The van der Waals surface area contributed by atoms with E-state index in [0.717, 1.165) is 21.5 Å². The average Bonchev–Trinajstić information content (AvgIpc) is 2.63. The SMILES string of the molecule is CCOc1ccc(NC(=O)C2=C(C)NC(=S)N[C@H]2c2ccccc2Br)cc1. The summed E-state index contributed by atoms with van der Waals surface area (Å²) in [6.07, 6.45) is 0. The van der Waals surface area contributed by atoms with Crippen molar-refractivity contribution in [2.45, 2.75) is 19.9 Å². The standard InChI is InChI=1S/C20H20BrN3O2S/c1-3-26-14-10-8-13(9-11-14)23-19(25)17-12(2)22-20(27)24-18(17)15-6-4-5-7-16(15)21/h4-11,18H,3H2,1-2H3,(H,23,25)(H2,22,24,27)/t18-/m0/s1. The molecule has 0 saturated heterocycles. The molecule has 3 N–H and O–H groups in total. The molecule has 2 aromatic carbocycles. The van der Waals surface area contributed by atoms with Crippen molar-refractivity contribution in [2.24, 2.45) is 0 Å². The van der Waals surface area contributed by atoms with Gasteiger partial charge in [0.1, 0.15) is 5.75 Å². The molecule has 0 saturated carbocycles. The smallest absolute Gasteiger partial charge is 0.255 e. The minimum Gasteiger partial charge on any atom is -0.494 e. The molecule has 27 heavy (non-hydrogen) atoms. The highest BCUT2D eigenvalue weighted by molar-refractivity contribution is 9.10. The summed E-state index contributed by atoms with van der Waals surface area (Å²) in [7, 11) is 0. The average molecular weight is 446 g/mol. The van der Waals surface area contributed by atoms with E-state index >= 15 is 0 Å². The van der Waals surface area contributed by atoms with Crippen LogP contribution in [0, 0.1) is 0 Å². The van der Waals surface area contributed by atoms with E-state index in [1.54, 1.807) is 0 Å². The highest BCUT2D eigenvalue weighted by atomic mass is 79.9. The first-order valence-electron chi connectivity index (χ1n) is 8.56. The predicted molar refractivity (Wildman–Crippen MR) is 115 cm³/mol. The van der Waals surface area contributed by atoms with Crippen LogP contribution in [0.2, 0.25) is 0 Å². The maximum Gasteiger partial charge on any atom is 0.255 e. The summed E-state index contributed by atoms with van der Waals surface area (Å²) in [5.74, 6) is 0.572. The molecule has 3 rings (SSSR count). The first-order valence-corrected chi connectivity index (χ1v) is 9.76. The zero-order valence-electron chi connectivity index (χ0n) is 15.0. The Bertz CT molecular complexity index is 896. The fourth-order valence-electron chi connectivity index (χ4n) is 2.94. The van der Waals surface area contributed by atoms with Gasteiger partial charge in [0.15, 0.2) is 5.11 Å². The van der Waals surface area contributed by atoms with Crippen LogP contribution >= 0.6 is 28.1 Å². The van der Waals surface area contributed by atoms with Crippen LogP contribution in [0.4, 0.5) is 5.69 Å². The summed E-state index contributed by atoms with van der Waals surface area (Å²) in [5, 5.41) is 9.69. The van der Waals surface area contributed by atoms with Gasteiger partial charge in [0.05, 0.1) is 18.2 Å². The Balaban J connectivity index is 1.88. The number of benzene rings is 2. The maximum absolute atomic E-state index is 13.1. The second-order valence-corrected chi connectivity index (χ2v) is 7.27. The van der Waals surface area contributed by atoms with E-state index in [1.807, 2.05) is 62.4 Å². The van der Waals surface area contributed by atoms with Crippen LogP contribution in [-0.2, 0) is 4.79 Å². The monoisotopic (exact) mass is 445 g/mol.